The van der Waals surface area contributed by atoms with E-state index < -0.39 is 5.97 Å². The third-order valence-corrected chi connectivity index (χ3v) is 3.41. The largest absolute Gasteiger partial charge is 0.451 e. The van der Waals surface area contributed by atoms with Crippen molar-refractivity contribution in [2.24, 2.45) is 0 Å². The molecule has 0 amide bonds. The summed E-state index contributed by atoms with van der Waals surface area (Å²) in [6.07, 6.45) is 1.65. The van der Waals surface area contributed by atoms with Crippen LogP contribution in [0.5, 0.6) is 0 Å². The van der Waals surface area contributed by atoms with Crippen LogP contribution < -0.4 is 0 Å². The Morgan fingerprint density at radius 1 is 1.24 bits per heavy atom. The molecule has 0 fully saturated rings. The van der Waals surface area contributed by atoms with E-state index in [0.717, 1.165) is 10.0 Å². The molecular weight excluding hydrogens is 338 g/mol. The number of esters is 1. The molecule has 0 aliphatic carbocycles. The number of ether oxygens (including phenoxy) is 1. The van der Waals surface area contributed by atoms with E-state index in [1.165, 1.54) is 0 Å². The first-order valence-electron chi connectivity index (χ1n) is 6.12. The lowest BCUT2D eigenvalue weighted by Gasteiger charge is -1.99. The fraction of sp³-hybridized carbons (Fsp3) is 0.0714. The fourth-order valence-electron chi connectivity index (χ4n) is 1.72. The summed E-state index contributed by atoms with van der Waals surface area (Å²) in [4.78, 5) is 14.4. The molecule has 3 aromatic rings. The van der Waals surface area contributed by atoms with Crippen molar-refractivity contribution in [1.29, 1.82) is 0 Å². The maximum atomic E-state index is 11.7. The molecule has 2 heterocycles. The minimum absolute atomic E-state index is 0.0741. The summed E-state index contributed by atoms with van der Waals surface area (Å²) >= 11 is 3.41. The highest BCUT2D eigenvalue weighted by Crippen LogP contribution is 2.26. The Labute approximate surface area is 128 Å². The lowest BCUT2D eigenvalue weighted by Crippen LogP contribution is -2.05. The van der Waals surface area contributed by atoms with Crippen molar-refractivity contribution in [3.05, 3.63) is 58.7 Å². The third-order valence-electron chi connectivity index (χ3n) is 2.72. The summed E-state index contributed by atoms with van der Waals surface area (Å²) in [7, 11) is 0. The molecule has 106 valence electrons. The molecule has 6 nitrogen and oxygen atoms in total. The van der Waals surface area contributed by atoms with Crippen molar-refractivity contribution in [1.82, 2.24) is 15.2 Å². The lowest BCUT2D eigenvalue weighted by molar-refractivity contribution is 0.0432. The molecule has 0 spiro atoms. The Morgan fingerprint density at radius 2 is 2.10 bits per heavy atom. The minimum Gasteiger partial charge on any atom is -0.451 e. The van der Waals surface area contributed by atoms with Gasteiger partial charge in [-0.15, -0.1) is 10.2 Å². The van der Waals surface area contributed by atoms with Crippen LogP contribution in [0.25, 0.3) is 11.5 Å². The summed E-state index contributed by atoms with van der Waals surface area (Å²) < 4.78 is 11.4. The molecule has 1 aromatic carbocycles. The number of rotatable bonds is 4. The first-order valence-corrected chi connectivity index (χ1v) is 6.91. The van der Waals surface area contributed by atoms with Gasteiger partial charge in [0.25, 0.3) is 5.89 Å². The van der Waals surface area contributed by atoms with E-state index in [0.29, 0.717) is 11.6 Å². The number of carbonyl (C=O) groups is 1. The third kappa shape index (κ3) is 3.03. The number of halogens is 1. The Balaban J connectivity index is 1.69. The van der Waals surface area contributed by atoms with Gasteiger partial charge in [0, 0.05) is 10.7 Å². The molecule has 2 aromatic heterocycles. The van der Waals surface area contributed by atoms with Crippen LogP contribution in [0.4, 0.5) is 0 Å². The van der Waals surface area contributed by atoms with E-state index in [2.05, 4.69) is 31.1 Å². The van der Waals surface area contributed by atoms with Gasteiger partial charge in [0.15, 0.2) is 6.61 Å². The number of aromatic nitrogens is 3. The highest BCUT2D eigenvalue weighted by molar-refractivity contribution is 9.10. The second kappa shape index (κ2) is 5.92. The second-order valence-corrected chi connectivity index (χ2v) is 5.00. The highest BCUT2D eigenvalue weighted by atomic mass is 79.9. The van der Waals surface area contributed by atoms with Crippen LogP contribution in [-0.4, -0.2) is 21.2 Å². The van der Waals surface area contributed by atoms with Crippen LogP contribution in [0.2, 0.25) is 0 Å². The van der Waals surface area contributed by atoms with Gasteiger partial charge >= 0.3 is 5.97 Å². The zero-order valence-corrected chi connectivity index (χ0v) is 12.3. The molecule has 0 bridgehead atoms. The highest BCUT2D eigenvalue weighted by Gasteiger charge is 2.13. The molecule has 0 radical (unpaired) electrons. The molecule has 1 N–H and O–H groups in total. The summed E-state index contributed by atoms with van der Waals surface area (Å²) in [5.41, 5.74) is 1.16. The van der Waals surface area contributed by atoms with E-state index in [-0.39, 0.29) is 12.5 Å². The van der Waals surface area contributed by atoms with Gasteiger partial charge in [0.1, 0.15) is 5.69 Å². The molecule has 3 rings (SSSR count). The SMILES string of the molecule is O=C(OCc1nnc(-c2ccccc2Br)o1)c1ccc[nH]1. The number of hydrogen-bond acceptors (Lipinski definition) is 5. The maximum absolute atomic E-state index is 11.7. The van der Waals surface area contributed by atoms with Crippen LogP contribution in [0, 0.1) is 0 Å². The first-order chi connectivity index (χ1) is 10.2. The zero-order chi connectivity index (χ0) is 14.7. The van der Waals surface area contributed by atoms with Crippen LogP contribution in [0.3, 0.4) is 0 Å². The van der Waals surface area contributed by atoms with Crippen LogP contribution in [0.15, 0.2) is 51.5 Å². The second-order valence-electron chi connectivity index (χ2n) is 4.14. The van der Waals surface area contributed by atoms with Crippen molar-refractivity contribution in [3.63, 3.8) is 0 Å². The molecule has 0 unspecified atom stereocenters. The van der Waals surface area contributed by atoms with Gasteiger partial charge in [0.2, 0.25) is 5.89 Å². The smallest absolute Gasteiger partial charge is 0.355 e. The van der Waals surface area contributed by atoms with E-state index in [1.807, 2.05) is 24.3 Å². The molecule has 0 saturated heterocycles. The van der Waals surface area contributed by atoms with Gasteiger partial charge in [0.05, 0.1) is 5.56 Å². The minimum atomic E-state index is -0.472. The average molecular weight is 348 g/mol. The van der Waals surface area contributed by atoms with Gasteiger partial charge in [-0.3, -0.25) is 0 Å². The Hall–Kier alpha value is -2.41. The average Bonchev–Trinajstić information content (AvgIpc) is 3.17. The lowest BCUT2D eigenvalue weighted by atomic mass is 10.2. The molecule has 0 aliphatic heterocycles. The number of benzene rings is 1. The summed E-state index contributed by atoms with van der Waals surface area (Å²) in [5, 5.41) is 7.80. The number of nitrogens with one attached hydrogen (secondary N) is 1. The van der Waals surface area contributed by atoms with Gasteiger partial charge in [-0.05, 0) is 40.2 Å². The van der Waals surface area contributed by atoms with Crippen LogP contribution >= 0.6 is 15.9 Å². The van der Waals surface area contributed by atoms with Crippen molar-refractivity contribution >= 4 is 21.9 Å². The molecule has 21 heavy (non-hydrogen) atoms. The van der Waals surface area contributed by atoms with E-state index >= 15 is 0 Å². The van der Waals surface area contributed by atoms with Crippen molar-refractivity contribution < 1.29 is 13.9 Å². The van der Waals surface area contributed by atoms with E-state index in [9.17, 15) is 4.79 Å². The molecule has 7 heteroatoms. The predicted octanol–water partition coefficient (Wildman–Crippen LogP) is 3.18. The number of carbonyl (C=O) groups excluding carboxylic acids is 1. The van der Waals surface area contributed by atoms with Gasteiger partial charge in [-0.25, -0.2) is 4.79 Å². The van der Waals surface area contributed by atoms with Gasteiger partial charge in [-0.2, -0.15) is 0 Å². The Morgan fingerprint density at radius 3 is 2.86 bits per heavy atom. The van der Waals surface area contributed by atoms with Crippen molar-refractivity contribution in [2.75, 3.05) is 0 Å². The standard InChI is InChI=1S/C14H10BrN3O3/c15-10-5-2-1-4-9(10)13-18-17-12(21-13)8-20-14(19)11-6-3-7-16-11/h1-7,16H,8H2. The van der Waals surface area contributed by atoms with Gasteiger partial charge in [-0.1, -0.05) is 12.1 Å². The van der Waals surface area contributed by atoms with Crippen LogP contribution in [-0.2, 0) is 11.3 Å². The number of H-pyrrole nitrogens is 1. The molecule has 0 aliphatic rings. The maximum Gasteiger partial charge on any atom is 0.355 e. The quantitative estimate of drug-likeness (QED) is 0.733. The number of hydrogen-bond donors (Lipinski definition) is 1. The molecule has 0 saturated carbocycles. The summed E-state index contributed by atoms with van der Waals surface area (Å²) in [6.45, 7) is -0.0741. The zero-order valence-electron chi connectivity index (χ0n) is 10.7. The monoisotopic (exact) mass is 347 g/mol. The number of aromatic amines is 1. The van der Waals surface area contributed by atoms with E-state index in [1.54, 1.807) is 18.3 Å². The summed E-state index contributed by atoms with van der Waals surface area (Å²) in [5.74, 6) is 0.134. The first kappa shape index (κ1) is 13.6. The predicted molar refractivity (Wildman–Crippen MR) is 77.3 cm³/mol. The van der Waals surface area contributed by atoms with Gasteiger partial charge < -0.3 is 14.1 Å². The van der Waals surface area contributed by atoms with Crippen molar-refractivity contribution in [3.8, 4) is 11.5 Å². The van der Waals surface area contributed by atoms with E-state index in [4.69, 9.17) is 9.15 Å². The summed E-state index contributed by atoms with van der Waals surface area (Å²) in [6, 6.07) is 10.8. The molecule has 0 atom stereocenters. The number of nitrogens with zero attached hydrogens (tertiary/aromatic N) is 2. The fourth-order valence-corrected chi connectivity index (χ4v) is 2.17. The normalized spacial score (nSPS) is 10.5. The molecular formula is C14H10BrN3O3. The van der Waals surface area contributed by atoms with Crippen LogP contribution in [0.1, 0.15) is 16.4 Å². The Kier molecular flexibility index (Phi) is 3.83. The van der Waals surface area contributed by atoms with Crippen molar-refractivity contribution in [2.45, 2.75) is 6.61 Å². The topological polar surface area (TPSA) is 81.0 Å². The Bertz CT molecular complexity index is 752.